The molecular formula is C10H10ClN3. The predicted octanol–water partition coefficient (Wildman–Crippen LogP) is 2.24. The molecule has 3 nitrogen and oxygen atoms in total. The molecule has 0 amide bonds. The monoisotopic (exact) mass is 207 g/mol. The van der Waals surface area contributed by atoms with Crippen LogP contribution in [-0.2, 0) is 6.42 Å². The predicted molar refractivity (Wildman–Crippen MR) is 57.3 cm³/mol. The second-order valence-electron chi connectivity index (χ2n) is 3.06. The lowest BCUT2D eigenvalue weighted by molar-refractivity contribution is 1.11. The van der Waals surface area contributed by atoms with Crippen LogP contribution < -0.4 is 5.73 Å². The number of anilines is 1. The van der Waals surface area contributed by atoms with E-state index in [9.17, 15) is 0 Å². The summed E-state index contributed by atoms with van der Waals surface area (Å²) in [5, 5.41) is 0.765. The molecule has 72 valence electrons. The Hall–Kier alpha value is -1.48. The molecule has 2 aromatic rings. The van der Waals surface area contributed by atoms with E-state index in [1.165, 1.54) is 0 Å². The molecule has 0 saturated heterocycles. The Labute approximate surface area is 86.9 Å². The number of benzene rings is 1. The number of halogens is 1. The van der Waals surface area contributed by atoms with Gasteiger partial charge in [-0.25, -0.2) is 4.98 Å². The maximum absolute atomic E-state index is 6.02. The quantitative estimate of drug-likeness (QED) is 0.794. The van der Waals surface area contributed by atoms with Crippen molar-refractivity contribution in [1.29, 1.82) is 0 Å². The molecule has 0 aliphatic rings. The number of aromatic nitrogens is 2. The van der Waals surface area contributed by atoms with E-state index in [1.54, 1.807) is 6.20 Å². The number of nitrogens with zero attached hydrogens (tertiary/aromatic N) is 1. The van der Waals surface area contributed by atoms with Gasteiger partial charge in [-0.2, -0.15) is 0 Å². The van der Waals surface area contributed by atoms with Gasteiger partial charge in [-0.3, -0.25) is 0 Å². The Kier molecular flexibility index (Phi) is 2.41. The van der Waals surface area contributed by atoms with E-state index in [0.29, 0.717) is 5.95 Å². The van der Waals surface area contributed by atoms with Crippen molar-refractivity contribution in [3.63, 3.8) is 0 Å². The molecule has 0 aliphatic carbocycles. The van der Waals surface area contributed by atoms with Crippen LogP contribution in [-0.4, -0.2) is 9.97 Å². The smallest absolute Gasteiger partial charge is 0.197 e. The lowest BCUT2D eigenvalue weighted by Gasteiger charge is -2.00. The standard InChI is InChI=1S/C10H10ClN3/c11-9-4-2-1-3-7(9)5-8-6-13-10(12)14-8/h1-4,6H,5H2,(H3,12,13,14). The molecule has 0 spiro atoms. The fourth-order valence-electron chi connectivity index (χ4n) is 1.31. The lowest BCUT2D eigenvalue weighted by atomic mass is 10.1. The highest BCUT2D eigenvalue weighted by molar-refractivity contribution is 6.31. The van der Waals surface area contributed by atoms with Gasteiger partial charge in [0, 0.05) is 17.1 Å². The van der Waals surface area contributed by atoms with Crippen molar-refractivity contribution < 1.29 is 0 Å². The van der Waals surface area contributed by atoms with Gasteiger partial charge in [0.05, 0.1) is 6.20 Å². The number of nitrogen functional groups attached to an aromatic ring is 1. The van der Waals surface area contributed by atoms with Crippen LogP contribution in [0.15, 0.2) is 30.5 Å². The summed E-state index contributed by atoms with van der Waals surface area (Å²) in [6.45, 7) is 0. The third kappa shape index (κ3) is 1.88. The molecule has 4 heteroatoms. The summed E-state index contributed by atoms with van der Waals surface area (Å²) in [6, 6.07) is 7.73. The van der Waals surface area contributed by atoms with E-state index in [1.807, 2.05) is 24.3 Å². The van der Waals surface area contributed by atoms with Crippen molar-refractivity contribution in [2.75, 3.05) is 5.73 Å². The van der Waals surface area contributed by atoms with Crippen molar-refractivity contribution >= 4 is 17.5 Å². The zero-order chi connectivity index (χ0) is 9.97. The summed E-state index contributed by atoms with van der Waals surface area (Å²) in [5.74, 6) is 0.437. The van der Waals surface area contributed by atoms with Gasteiger partial charge < -0.3 is 10.7 Å². The van der Waals surface area contributed by atoms with Crippen molar-refractivity contribution in [1.82, 2.24) is 9.97 Å². The average molecular weight is 208 g/mol. The molecule has 3 N–H and O–H groups in total. The summed E-state index contributed by atoms with van der Waals surface area (Å²) in [6.07, 6.45) is 2.45. The fraction of sp³-hybridized carbons (Fsp3) is 0.100. The van der Waals surface area contributed by atoms with E-state index < -0.39 is 0 Å². The molecule has 1 heterocycles. The minimum absolute atomic E-state index is 0.437. The van der Waals surface area contributed by atoms with Crippen LogP contribution in [0.2, 0.25) is 5.02 Å². The van der Waals surface area contributed by atoms with Crippen LogP contribution in [0.1, 0.15) is 11.3 Å². The highest BCUT2D eigenvalue weighted by Gasteiger charge is 2.02. The Balaban J connectivity index is 2.23. The van der Waals surface area contributed by atoms with Gasteiger partial charge in [0.15, 0.2) is 5.95 Å². The van der Waals surface area contributed by atoms with Crippen LogP contribution in [0.5, 0.6) is 0 Å². The maximum atomic E-state index is 6.02. The normalized spacial score (nSPS) is 10.4. The second-order valence-corrected chi connectivity index (χ2v) is 3.47. The van der Waals surface area contributed by atoms with E-state index >= 15 is 0 Å². The molecule has 0 saturated carbocycles. The number of imidazole rings is 1. The number of aromatic amines is 1. The molecule has 0 bridgehead atoms. The van der Waals surface area contributed by atoms with Crippen LogP contribution in [0.25, 0.3) is 0 Å². The van der Waals surface area contributed by atoms with Gasteiger partial charge in [0.1, 0.15) is 0 Å². The largest absolute Gasteiger partial charge is 0.369 e. The first kappa shape index (κ1) is 9.09. The summed E-state index contributed by atoms with van der Waals surface area (Å²) in [7, 11) is 0. The molecule has 0 fully saturated rings. The first-order chi connectivity index (χ1) is 6.75. The molecule has 2 rings (SSSR count). The number of nitrogens with two attached hydrogens (primary N) is 1. The highest BCUT2D eigenvalue weighted by Crippen LogP contribution is 2.18. The van der Waals surface area contributed by atoms with E-state index in [-0.39, 0.29) is 0 Å². The van der Waals surface area contributed by atoms with E-state index in [2.05, 4.69) is 9.97 Å². The van der Waals surface area contributed by atoms with Crippen molar-refractivity contribution in [3.8, 4) is 0 Å². The number of hydrogen-bond acceptors (Lipinski definition) is 2. The Morgan fingerprint density at radius 1 is 1.36 bits per heavy atom. The molecule has 14 heavy (non-hydrogen) atoms. The summed E-state index contributed by atoms with van der Waals surface area (Å²) in [5.41, 5.74) is 7.51. The zero-order valence-electron chi connectivity index (χ0n) is 7.50. The summed E-state index contributed by atoms with van der Waals surface area (Å²) < 4.78 is 0. The maximum Gasteiger partial charge on any atom is 0.197 e. The van der Waals surface area contributed by atoms with Crippen molar-refractivity contribution in [3.05, 3.63) is 46.7 Å². The highest BCUT2D eigenvalue weighted by atomic mass is 35.5. The van der Waals surface area contributed by atoms with Gasteiger partial charge in [0.2, 0.25) is 0 Å². The minimum atomic E-state index is 0.437. The number of H-pyrrole nitrogens is 1. The first-order valence-electron chi connectivity index (χ1n) is 4.28. The number of hydrogen-bond donors (Lipinski definition) is 2. The first-order valence-corrected chi connectivity index (χ1v) is 4.66. The lowest BCUT2D eigenvalue weighted by Crippen LogP contribution is -1.90. The van der Waals surface area contributed by atoms with Gasteiger partial charge in [0.25, 0.3) is 0 Å². The molecule has 1 aromatic carbocycles. The van der Waals surface area contributed by atoms with Gasteiger partial charge in [-0.15, -0.1) is 0 Å². The van der Waals surface area contributed by atoms with Crippen LogP contribution >= 0.6 is 11.6 Å². The molecule has 0 aliphatic heterocycles. The van der Waals surface area contributed by atoms with Crippen LogP contribution in [0.3, 0.4) is 0 Å². The van der Waals surface area contributed by atoms with E-state index in [4.69, 9.17) is 17.3 Å². The molecule has 0 radical (unpaired) electrons. The zero-order valence-corrected chi connectivity index (χ0v) is 8.25. The summed E-state index contributed by atoms with van der Waals surface area (Å²) >= 11 is 6.02. The summed E-state index contributed by atoms with van der Waals surface area (Å²) in [4.78, 5) is 6.88. The molecule has 1 aromatic heterocycles. The third-order valence-electron chi connectivity index (χ3n) is 1.99. The number of rotatable bonds is 2. The Morgan fingerprint density at radius 2 is 2.14 bits per heavy atom. The molecule has 0 atom stereocenters. The van der Waals surface area contributed by atoms with Gasteiger partial charge >= 0.3 is 0 Å². The van der Waals surface area contributed by atoms with Gasteiger partial charge in [-0.1, -0.05) is 29.8 Å². The number of nitrogens with one attached hydrogen (secondary N) is 1. The van der Waals surface area contributed by atoms with Crippen LogP contribution in [0.4, 0.5) is 5.95 Å². The average Bonchev–Trinajstić information content (AvgIpc) is 2.56. The molecule has 0 unspecified atom stereocenters. The Morgan fingerprint density at radius 3 is 2.79 bits per heavy atom. The third-order valence-corrected chi connectivity index (χ3v) is 2.36. The second kappa shape index (κ2) is 3.72. The van der Waals surface area contributed by atoms with Gasteiger partial charge in [-0.05, 0) is 11.6 Å². The minimum Gasteiger partial charge on any atom is -0.369 e. The fourth-order valence-corrected chi connectivity index (χ4v) is 1.52. The van der Waals surface area contributed by atoms with E-state index in [0.717, 1.165) is 22.7 Å². The van der Waals surface area contributed by atoms with Crippen molar-refractivity contribution in [2.45, 2.75) is 6.42 Å². The topological polar surface area (TPSA) is 54.7 Å². The van der Waals surface area contributed by atoms with Crippen LogP contribution in [0, 0.1) is 0 Å². The molecular weight excluding hydrogens is 198 g/mol. The Bertz CT molecular complexity index is 436. The van der Waals surface area contributed by atoms with Crippen molar-refractivity contribution in [2.24, 2.45) is 0 Å². The SMILES string of the molecule is Nc1ncc(Cc2ccccc2Cl)[nH]1.